The molecule has 1 atom stereocenters. The van der Waals surface area contributed by atoms with E-state index in [4.69, 9.17) is 0 Å². The van der Waals surface area contributed by atoms with Gasteiger partial charge in [-0.2, -0.15) is 0 Å². The van der Waals surface area contributed by atoms with E-state index in [1.54, 1.807) is 26.0 Å². The van der Waals surface area contributed by atoms with Gasteiger partial charge in [-0.15, -0.1) is 0 Å². The van der Waals surface area contributed by atoms with Crippen LogP contribution in [0.25, 0.3) is 0 Å². The van der Waals surface area contributed by atoms with E-state index in [-0.39, 0.29) is 5.78 Å². The number of aliphatic hydroxyl groups is 3. The summed E-state index contributed by atoms with van der Waals surface area (Å²) in [6.07, 6.45) is -0.246. The second-order valence-electron chi connectivity index (χ2n) is 7.56. The first-order chi connectivity index (χ1) is 11.5. The largest absolute Gasteiger partial charge is 0.387 e. The fraction of sp³-hybridized carbons (Fsp3) is 0.381. The molecule has 2 aromatic carbocycles. The SMILES string of the molecule is CC(C)(O)C(=O)c1ccc(Cc2ccc([C@H](O)C(C)(C)O)cc2)cc1. The Morgan fingerprint density at radius 3 is 1.72 bits per heavy atom. The molecule has 2 rings (SSSR count). The molecule has 2 aromatic rings. The molecule has 0 unspecified atom stereocenters. The van der Waals surface area contributed by atoms with Gasteiger partial charge in [0, 0.05) is 5.56 Å². The Labute approximate surface area is 148 Å². The van der Waals surface area contributed by atoms with Crippen LogP contribution in [-0.2, 0) is 6.42 Å². The number of ketones is 1. The number of benzene rings is 2. The molecular weight excluding hydrogens is 316 g/mol. The molecule has 3 N–H and O–H groups in total. The van der Waals surface area contributed by atoms with Crippen molar-refractivity contribution in [1.82, 2.24) is 0 Å². The van der Waals surface area contributed by atoms with Crippen molar-refractivity contribution in [2.24, 2.45) is 0 Å². The summed E-state index contributed by atoms with van der Waals surface area (Å²) in [6, 6.07) is 14.6. The molecule has 0 spiro atoms. The molecule has 0 radical (unpaired) electrons. The summed E-state index contributed by atoms with van der Waals surface area (Å²) in [4.78, 5) is 12.0. The van der Waals surface area contributed by atoms with Crippen molar-refractivity contribution in [2.45, 2.75) is 51.4 Å². The summed E-state index contributed by atoms with van der Waals surface area (Å²) in [7, 11) is 0. The third-order valence-electron chi connectivity index (χ3n) is 4.14. The molecule has 0 heterocycles. The molecular formula is C21H26O4. The van der Waals surface area contributed by atoms with Crippen LogP contribution in [0.3, 0.4) is 0 Å². The quantitative estimate of drug-likeness (QED) is 0.705. The Bertz CT molecular complexity index is 716. The van der Waals surface area contributed by atoms with Crippen LogP contribution in [-0.4, -0.2) is 32.3 Å². The molecule has 0 aliphatic carbocycles. The van der Waals surface area contributed by atoms with Gasteiger partial charge in [-0.05, 0) is 50.8 Å². The van der Waals surface area contributed by atoms with Crippen LogP contribution in [0.15, 0.2) is 48.5 Å². The van der Waals surface area contributed by atoms with E-state index in [1.165, 1.54) is 13.8 Å². The van der Waals surface area contributed by atoms with Crippen molar-refractivity contribution in [2.75, 3.05) is 0 Å². The molecule has 0 saturated carbocycles. The standard InChI is InChI=1S/C21H26O4/c1-20(2,24)18(22)16-9-5-14(6-10-16)13-15-7-11-17(12-8-15)19(23)21(3,4)25/h5-12,18,22,24-25H,13H2,1-4H3/t18-/m0/s1. The third-order valence-corrected chi connectivity index (χ3v) is 4.14. The molecule has 0 aliphatic rings. The van der Waals surface area contributed by atoms with E-state index in [0.29, 0.717) is 17.5 Å². The lowest BCUT2D eigenvalue weighted by Gasteiger charge is -2.24. The van der Waals surface area contributed by atoms with Crippen molar-refractivity contribution < 1.29 is 20.1 Å². The monoisotopic (exact) mass is 342 g/mol. The molecule has 0 saturated heterocycles. The Morgan fingerprint density at radius 2 is 1.32 bits per heavy atom. The van der Waals surface area contributed by atoms with Crippen molar-refractivity contribution in [1.29, 1.82) is 0 Å². The van der Waals surface area contributed by atoms with Gasteiger partial charge in [-0.25, -0.2) is 0 Å². The van der Waals surface area contributed by atoms with Crippen molar-refractivity contribution >= 4 is 5.78 Å². The third kappa shape index (κ3) is 4.98. The summed E-state index contributed by atoms with van der Waals surface area (Å²) in [6.45, 7) is 6.10. The van der Waals surface area contributed by atoms with E-state index in [9.17, 15) is 20.1 Å². The van der Waals surface area contributed by atoms with Gasteiger partial charge >= 0.3 is 0 Å². The maximum atomic E-state index is 12.0. The van der Waals surface area contributed by atoms with Gasteiger partial charge in [-0.3, -0.25) is 4.79 Å². The lowest BCUT2D eigenvalue weighted by Crippen LogP contribution is -2.31. The number of rotatable bonds is 6. The Morgan fingerprint density at radius 1 is 0.880 bits per heavy atom. The maximum absolute atomic E-state index is 12.0. The van der Waals surface area contributed by atoms with Crippen LogP contribution in [0.2, 0.25) is 0 Å². The Balaban J connectivity index is 2.09. The maximum Gasteiger partial charge on any atom is 0.193 e. The van der Waals surface area contributed by atoms with Gasteiger partial charge in [0.15, 0.2) is 5.78 Å². The van der Waals surface area contributed by atoms with Gasteiger partial charge < -0.3 is 15.3 Å². The van der Waals surface area contributed by atoms with E-state index >= 15 is 0 Å². The molecule has 134 valence electrons. The number of hydrogen-bond donors (Lipinski definition) is 3. The minimum absolute atomic E-state index is 0.302. The Hall–Kier alpha value is -2.01. The number of Topliss-reactive ketones (excluding diaryl/α,β-unsaturated/α-hetero) is 1. The zero-order valence-corrected chi connectivity index (χ0v) is 15.2. The molecule has 0 bridgehead atoms. The second kappa shape index (κ2) is 7.08. The van der Waals surface area contributed by atoms with Crippen LogP contribution in [0.1, 0.15) is 60.8 Å². The first-order valence-electron chi connectivity index (χ1n) is 8.34. The predicted octanol–water partition coefficient (Wildman–Crippen LogP) is 3.04. The van der Waals surface area contributed by atoms with Gasteiger partial charge in [-0.1, -0.05) is 48.5 Å². The van der Waals surface area contributed by atoms with Crippen molar-refractivity contribution in [3.63, 3.8) is 0 Å². The highest BCUT2D eigenvalue weighted by Gasteiger charge is 2.26. The summed E-state index contributed by atoms with van der Waals surface area (Å²) < 4.78 is 0. The van der Waals surface area contributed by atoms with Crippen LogP contribution in [0, 0.1) is 0 Å². The van der Waals surface area contributed by atoms with Crippen LogP contribution >= 0.6 is 0 Å². The lowest BCUT2D eigenvalue weighted by atomic mass is 9.93. The van der Waals surface area contributed by atoms with E-state index in [0.717, 1.165) is 11.1 Å². The molecule has 25 heavy (non-hydrogen) atoms. The summed E-state index contributed by atoms with van der Waals surface area (Å²) in [5.41, 5.74) is 0.696. The highest BCUT2D eigenvalue weighted by atomic mass is 16.3. The van der Waals surface area contributed by atoms with Crippen LogP contribution in [0.4, 0.5) is 0 Å². The normalized spacial score (nSPS) is 13.6. The van der Waals surface area contributed by atoms with Crippen LogP contribution < -0.4 is 0 Å². The van der Waals surface area contributed by atoms with Crippen LogP contribution in [0.5, 0.6) is 0 Å². The first kappa shape index (κ1) is 19.3. The van der Waals surface area contributed by atoms with E-state index in [2.05, 4.69) is 0 Å². The smallest absolute Gasteiger partial charge is 0.193 e. The first-order valence-corrected chi connectivity index (χ1v) is 8.34. The number of aliphatic hydroxyl groups excluding tert-OH is 1. The lowest BCUT2D eigenvalue weighted by molar-refractivity contribution is -0.0496. The van der Waals surface area contributed by atoms with Crippen molar-refractivity contribution in [3.05, 3.63) is 70.8 Å². The number of carbonyl (C=O) groups excluding carboxylic acids is 1. The minimum atomic E-state index is -1.38. The number of carbonyl (C=O) groups is 1. The van der Waals surface area contributed by atoms with Gasteiger partial charge in [0.05, 0.1) is 5.60 Å². The average molecular weight is 342 g/mol. The molecule has 4 nitrogen and oxygen atoms in total. The van der Waals surface area contributed by atoms with E-state index in [1.807, 2.05) is 36.4 Å². The molecule has 0 fully saturated rings. The summed E-state index contributed by atoms with van der Waals surface area (Å²) in [5, 5.41) is 29.7. The topological polar surface area (TPSA) is 77.8 Å². The zero-order chi connectivity index (χ0) is 18.8. The summed E-state index contributed by atoms with van der Waals surface area (Å²) in [5.74, 6) is -0.302. The fourth-order valence-corrected chi connectivity index (χ4v) is 2.59. The van der Waals surface area contributed by atoms with Crippen molar-refractivity contribution in [3.8, 4) is 0 Å². The molecule has 0 aliphatic heterocycles. The molecule has 0 aromatic heterocycles. The predicted molar refractivity (Wildman–Crippen MR) is 97.6 cm³/mol. The van der Waals surface area contributed by atoms with Gasteiger partial charge in [0.25, 0.3) is 0 Å². The minimum Gasteiger partial charge on any atom is -0.387 e. The average Bonchev–Trinajstić information content (AvgIpc) is 2.53. The highest BCUT2D eigenvalue weighted by Crippen LogP contribution is 2.25. The van der Waals surface area contributed by atoms with Gasteiger partial charge in [0.2, 0.25) is 0 Å². The Kier molecular flexibility index (Phi) is 5.47. The highest BCUT2D eigenvalue weighted by molar-refractivity contribution is 6.01. The van der Waals surface area contributed by atoms with Gasteiger partial charge in [0.1, 0.15) is 11.7 Å². The van der Waals surface area contributed by atoms with E-state index < -0.39 is 17.3 Å². The number of hydrogen-bond acceptors (Lipinski definition) is 4. The molecule has 0 amide bonds. The summed E-state index contributed by atoms with van der Waals surface area (Å²) >= 11 is 0. The second-order valence-corrected chi connectivity index (χ2v) is 7.56. The molecule has 4 heteroatoms. The fourth-order valence-electron chi connectivity index (χ4n) is 2.59. The zero-order valence-electron chi connectivity index (χ0n) is 15.2.